The van der Waals surface area contributed by atoms with Crippen LogP contribution in [0, 0.1) is 11.8 Å². The van der Waals surface area contributed by atoms with E-state index >= 15 is 0 Å². The van der Waals surface area contributed by atoms with E-state index in [4.69, 9.17) is 5.73 Å². The Morgan fingerprint density at radius 2 is 2.17 bits per heavy atom. The first-order valence-corrected chi connectivity index (χ1v) is 6.26. The Hall–Kier alpha value is -1.29. The summed E-state index contributed by atoms with van der Waals surface area (Å²) in [5.74, 6) is 1.82. The summed E-state index contributed by atoms with van der Waals surface area (Å²) in [7, 11) is 0. The predicted octanol–water partition coefficient (Wildman–Crippen LogP) is 2.00. The smallest absolute Gasteiger partial charge is 0.270 e. The van der Waals surface area contributed by atoms with Gasteiger partial charge in [0.2, 0.25) is 0 Å². The molecule has 18 heavy (non-hydrogen) atoms. The van der Waals surface area contributed by atoms with Crippen molar-refractivity contribution in [1.82, 2.24) is 10.3 Å². The molecule has 98 valence electrons. The monoisotopic (exact) mass is 267 g/mol. The summed E-state index contributed by atoms with van der Waals surface area (Å²) in [5, 5.41) is 3.10. The Morgan fingerprint density at radius 3 is 2.78 bits per heavy atom. The molecule has 1 aromatic heterocycles. The first-order valence-electron chi connectivity index (χ1n) is 6.26. The van der Waals surface area contributed by atoms with Crippen LogP contribution in [0.4, 0.5) is 5.82 Å². The molecule has 3 N–H and O–H groups in total. The molecular weight excluding hydrogens is 250 g/mol. The molecule has 3 atom stereocenters. The van der Waals surface area contributed by atoms with Crippen molar-refractivity contribution >= 4 is 24.1 Å². The van der Waals surface area contributed by atoms with Gasteiger partial charge >= 0.3 is 0 Å². The standard InChI is InChI=1S/C13H17N3O.ClH/c14-12-3-1-2-10(15-12)13(17)16-11-7-8-4-5-9(11)6-8;/h1-3,8-9,11H,4-7H2,(H2,14,15)(H,16,17);1H. The summed E-state index contributed by atoms with van der Waals surface area (Å²) in [6.07, 6.45) is 5.03. The first-order chi connectivity index (χ1) is 8.22. The van der Waals surface area contributed by atoms with E-state index in [0.717, 1.165) is 12.3 Å². The van der Waals surface area contributed by atoms with Gasteiger partial charge in [-0.2, -0.15) is 0 Å². The second-order valence-electron chi connectivity index (χ2n) is 5.20. The van der Waals surface area contributed by atoms with E-state index in [1.54, 1.807) is 18.2 Å². The molecule has 1 heterocycles. The summed E-state index contributed by atoms with van der Waals surface area (Å²) < 4.78 is 0. The fraction of sp³-hybridized carbons (Fsp3) is 0.538. The molecule has 2 bridgehead atoms. The second-order valence-corrected chi connectivity index (χ2v) is 5.20. The molecule has 3 unspecified atom stereocenters. The number of nitrogen functional groups attached to an aromatic ring is 1. The summed E-state index contributed by atoms with van der Waals surface area (Å²) in [4.78, 5) is 16.0. The van der Waals surface area contributed by atoms with Crippen molar-refractivity contribution in [2.24, 2.45) is 11.8 Å². The van der Waals surface area contributed by atoms with E-state index in [9.17, 15) is 4.79 Å². The maximum atomic E-state index is 12.0. The average Bonchev–Trinajstić information content (AvgIpc) is 2.91. The lowest BCUT2D eigenvalue weighted by molar-refractivity contribution is 0.0918. The van der Waals surface area contributed by atoms with E-state index in [1.807, 2.05) is 0 Å². The van der Waals surface area contributed by atoms with Crippen molar-refractivity contribution in [2.75, 3.05) is 5.73 Å². The number of nitrogens with zero attached hydrogens (tertiary/aromatic N) is 1. The molecule has 3 rings (SSSR count). The van der Waals surface area contributed by atoms with Crippen molar-refractivity contribution in [1.29, 1.82) is 0 Å². The minimum Gasteiger partial charge on any atom is -0.384 e. The molecule has 1 amide bonds. The van der Waals surface area contributed by atoms with Gasteiger partial charge in [0.05, 0.1) is 0 Å². The largest absolute Gasteiger partial charge is 0.384 e. The van der Waals surface area contributed by atoms with E-state index < -0.39 is 0 Å². The maximum absolute atomic E-state index is 12.0. The number of aromatic nitrogens is 1. The molecule has 2 saturated carbocycles. The van der Waals surface area contributed by atoms with Gasteiger partial charge in [-0.1, -0.05) is 12.5 Å². The molecule has 0 radical (unpaired) electrons. The zero-order chi connectivity index (χ0) is 11.8. The molecule has 2 aliphatic rings. The lowest BCUT2D eigenvalue weighted by atomic mass is 9.95. The highest BCUT2D eigenvalue weighted by molar-refractivity contribution is 5.92. The minimum atomic E-state index is -0.0881. The van der Waals surface area contributed by atoms with Crippen molar-refractivity contribution < 1.29 is 4.79 Å². The molecule has 1 aromatic rings. The van der Waals surface area contributed by atoms with Gasteiger partial charge in [0.25, 0.3) is 5.91 Å². The third kappa shape index (κ3) is 2.43. The van der Waals surface area contributed by atoms with Gasteiger partial charge in [0.1, 0.15) is 11.5 Å². The van der Waals surface area contributed by atoms with Crippen molar-refractivity contribution in [3.8, 4) is 0 Å². The number of amides is 1. The summed E-state index contributed by atoms with van der Waals surface area (Å²) >= 11 is 0. The lowest BCUT2D eigenvalue weighted by Crippen LogP contribution is -2.38. The van der Waals surface area contributed by atoms with Gasteiger partial charge in [0.15, 0.2) is 0 Å². The van der Waals surface area contributed by atoms with Gasteiger partial charge < -0.3 is 11.1 Å². The number of carbonyl (C=O) groups is 1. The predicted molar refractivity (Wildman–Crippen MR) is 72.6 cm³/mol. The number of anilines is 1. The fourth-order valence-corrected chi connectivity index (χ4v) is 3.24. The highest BCUT2D eigenvalue weighted by Gasteiger charge is 2.40. The third-order valence-electron chi connectivity index (χ3n) is 4.06. The van der Waals surface area contributed by atoms with Crippen LogP contribution in [-0.2, 0) is 0 Å². The summed E-state index contributed by atoms with van der Waals surface area (Å²) in [6.45, 7) is 0. The number of halogens is 1. The van der Waals surface area contributed by atoms with E-state index in [0.29, 0.717) is 23.5 Å². The number of hydrogen-bond donors (Lipinski definition) is 2. The highest BCUT2D eigenvalue weighted by Crippen LogP contribution is 2.44. The normalized spacial score (nSPS) is 28.8. The van der Waals surface area contributed by atoms with E-state index in [1.165, 1.54) is 19.3 Å². The van der Waals surface area contributed by atoms with Gasteiger partial charge in [-0.25, -0.2) is 4.98 Å². The van der Waals surface area contributed by atoms with Crippen molar-refractivity contribution in [3.05, 3.63) is 23.9 Å². The highest BCUT2D eigenvalue weighted by atomic mass is 35.5. The number of nitrogens with two attached hydrogens (primary N) is 1. The Morgan fingerprint density at radius 1 is 1.33 bits per heavy atom. The van der Waals surface area contributed by atoms with Crippen molar-refractivity contribution in [2.45, 2.75) is 31.7 Å². The number of hydrogen-bond acceptors (Lipinski definition) is 3. The number of nitrogens with one attached hydrogen (secondary N) is 1. The van der Waals surface area contributed by atoms with Crippen LogP contribution in [0.2, 0.25) is 0 Å². The van der Waals surface area contributed by atoms with Gasteiger partial charge in [0, 0.05) is 6.04 Å². The van der Waals surface area contributed by atoms with Crippen LogP contribution in [0.1, 0.15) is 36.2 Å². The van der Waals surface area contributed by atoms with Crippen LogP contribution in [0.3, 0.4) is 0 Å². The van der Waals surface area contributed by atoms with Gasteiger partial charge in [-0.3, -0.25) is 4.79 Å². The fourth-order valence-electron chi connectivity index (χ4n) is 3.24. The summed E-state index contributed by atoms with van der Waals surface area (Å²) in [6, 6.07) is 5.51. The summed E-state index contributed by atoms with van der Waals surface area (Å²) in [5.41, 5.74) is 6.00. The lowest BCUT2D eigenvalue weighted by Gasteiger charge is -2.22. The van der Waals surface area contributed by atoms with Crippen LogP contribution in [-0.4, -0.2) is 16.9 Å². The SMILES string of the molecule is Cl.Nc1cccc(C(=O)NC2CC3CCC2C3)n1. The molecule has 0 aliphatic heterocycles. The average molecular weight is 268 g/mol. The van der Waals surface area contributed by atoms with Crippen LogP contribution < -0.4 is 11.1 Å². The molecule has 0 saturated heterocycles. The minimum absolute atomic E-state index is 0. The molecule has 0 aromatic carbocycles. The van der Waals surface area contributed by atoms with E-state index in [2.05, 4.69) is 10.3 Å². The topological polar surface area (TPSA) is 68.0 Å². The van der Waals surface area contributed by atoms with Crippen molar-refractivity contribution in [3.63, 3.8) is 0 Å². The van der Waals surface area contributed by atoms with Crippen LogP contribution in [0.15, 0.2) is 18.2 Å². The maximum Gasteiger partial charge on any atom is 0.270 e. The van der Waals surface area contributed by atoms with Crippen LogP contribution in [0.5, 0.6) is 0 Å². The quantitative estimate of drug-likeness (QED) is 0.861. The molecule has 0 spiro atoms. The molecule has 5 heteroatoms. The number of carbonyl (C=O) groups excluding carboxylic acids is 1. The van der Waals surface area contributed by atoms with E-state index in [-0.39, 0.29) is 18.3 Å². The molecule has 4 nitrogen and oxygen atoms in total. The molecule has 2 aliphatic carbocycles. The Labute approximate surface area is 113 Å². The Balaban J connectivity index is 0.00000120. The van der Waals surface area contributed by atoms with Gasteiger partial charge in [-0.05, 0) is 43.2 Å². The van der Waals surface area contributed by atoms with Crippen LogP contribution in [0.25, 0.3) is 0 Å². The first kappa shape index (κ1) is 13.1. The molecular formula is C13H18ClN3O. The molecule has 2 fully saturated rings. The Bertz CT molecular complexity index is 452. The third-order valence-corrected chi connectivity index (χ3v) is 4.06. The zero-order valence-electron chi connectivity index (χ0n) is 10.1. The van der Waals surface area contributed by atoms with Gasteiger partial charge in [-0.15, -0.1) is 12.4 Å². The number of pyridine rings is 1. The van der Waals surface area contributed by atoms with Crippen LogP contribution >= 0.6 is 12.4 Å². The Kier molecular flexibility index (Phi) is 3.76. The number of fused-ring (bicyclic) bond motifs is 2. The second kappa shape index (κ2) is 5.14. The zero-order valence-corrected chi connectivity index (χ0v) is 11.0. The number of rotatable bonds is 2.